The van der Waals surface area contributed by atoms with Gasteiger partial charge in [0.25, 0.3) is 0 Å². The predicted octanol–water partition coefficient (Wildman–Crippen LogP) is 2.87. The van der Waals surface area contributed by atoms with Crippen molar-refractivity contribution >= 4 is 11.8 Å². The maximum atomic E-state index is 4.40. The number of nitrogens with zero attached hydrogens (tertiary/aromatic N) is 3. The summed E-state index contributed by atoms with van der Waals surface area (Å²) in [4.78, 5) is 0. The Kier molecular flexibility index (Phi) is 4.21. The molecule has 0 aromatic carbocycles. The summed E-state index contributed by atoms with van der Waals surface area (Å²) in [5.41, 5.74) is 0. The van der Waals surface area contributed by atoms with Crippen LogP contribution in [-0.4, -0.2) is 33.1 Å². The fourth-order valence-corrected chi connectivity index (χ4v) is 4.42. The van der Waals surface area contributed by atoms with E-state index < -0.39 is 0 Å². The van der Waals surface area contributed by atoms with Crippen LogP contribution in [0, 0.1) is 11.8 Å². The molecule has 4 rings (SSSR count). The van der Waals surface area contributed by atoms with Crippen LogP contribution in [0.2, 0.25) is 0 Å². The number of thioether (sulfide) groups is 1. The van der Waals surface area contributed by atoms with E-state index in [1.54, 1.807) is 0 Å². The zero-order valence-corrected chi connectivity index (χ0v) is 13.6. The van der Waals surface area contributed by atoms with Gasteiger partial charge in [-0.05, 0) is 50.4 Å². The van der Waals surface area contributed by atoms with Gasteiger partial charge in [0.05, 0.1) is 0 Å². The maximum absolute atomic E-state index is 4.40. The normalized spacial score (nSPS) is 22.3. The molecule has 1 aliphatic heterocycles. The Morgan fingerprint density at radius 2 is 1.90 bits per heavy atom. The number of aryl methyl sites for hydroxylation is 1. The van der Waals surface area contributed by atoms with Crippen molar-refractivity contribution in [1.82, 2.24) is 20.1 Å². The van der Waals surface area contributed by atoms with Crippen molar-refractivity contribution < 1.29 is 0 Å². The molecule has 1 aromatic rings. The molecule has 3 aliphatic rings. The molecule has 116 valence electrons. The minimum atomic E-state index is 0.820. The SMILES string of the molecule is C1CCc2nnc(SCCNC(C3CC3)C3CC3)n2CC1. The van der Waals surface area contributed by atoms with Gasteiger partial charge in [0.1, 0.15) is 5.82 Å². The molecule has 21 heavy (non-hydrogen) atoms. The van der Waals surface area contributed by atoms with Crippen LogP contribution in [0.1, 0.15) is 50.8 Å². The summed E-state index contributed by atoms with van der Waals surface area (Å²) < 4.78 is 2.36. The van der Waals surface area contributed by atoms with E-state index in [0.29, 0.717) is 0 Å². The number of fused-ring (bicyclic) bond motifs is 1. The fourth-order valence-electron chi connectivity index (χ4n) is 3.56. The van der Waals surface area contributed by atoms with Gasteiger partial charge in [-0.1, -0.05) is 18.2 Å². The first-order valence-corrected chi connectivity index (χ1v) is 9.68. The van der Waals surface area contributed by atoms with Crippen molar-refractivity contribution in [3.05, 3.63) is 5.82 Å². The minimum absolute atomic E-state index is 0.820. The Morgan fingerprint density at radius 3 is 2.67 bits per heavy atom. The highest BCUT2D eigenvalue weighted by Crippen LogP contribution is 2.44. The summed E-state index contributed by atoms with van der Waals surface area (Å²) in [5.74, 6) is 4.31. The fraction of sp³-hybridized carbons (Fsp3) is 0.875. The topological polar surface area (TPSA) is 42.7 Å². The highest BCUT2D eigenvalue weighted by molar-refractivity contribution is 7.99. The van der Waals surface area contributed by atoms with Gasteiger partial charge in [-0.3, -0.25) is 0 Å². The summed E-state index contributed by atoms with van der Waals surface area (Å²) in [6.45, 7) is 2.23. The van der Waals surface area contributed by atoms with E-state index >= 15 is 0 Å². The molecule has 2 saturated carbocycles. The van der Waals surface area contributed by atoms with Gasteiger partial charge in [-0.2, -0.15) is 0 Å². The molecule has 0 unspecified atom stereocenters. The van der Waals surface area contributed by atoms with E-state index in [1.165, 1.54) is 50.8 Å². The van der Waals surface area contributed by atoms with E-state index in [1.807, 2.05) is 11.8 Å². The van der Waals surface area contributed by atoms with Gasteiger partial charge in [0.15, 0.2) is 5.16 Å². The molecule has 2 fully saturated rings. The second kappa shape index (κ2) is 6.29. The molecular weight excluding hydrogens is 280 g/mol. The summed E-state index contributed by atoms with van der Waals surface area (Å²) in [6.07, 6.45) is 10.8. The molecule has 0 spiro atoms. The Hall–Kier alpha value is -0.550. The first kappa shape index (κ1) is 14.1. The molecular formula is C16H26N4S. The predicted molar refractivity (Wildman–Crippen MR) is 85.5 cm³/mol. The lowest BCUT2D eigenvalue weighted by atomic mass is 10.1. The van der Waals surface area contributed by atoms with E-state index in [9.17, 15) is 0 Å². The smallest absolute Gasteiger partial charge is 0.191 e. The first-order chi connectivity index (χ1) is 10.4. The number of hydrogen-bond acceptors (Lipinski definition) is 4. The largest absolute Gasteiger partial charge is 0.313 e. The average molecular weight is 306 g/mol. The molecule has 0 radical (unpaired) electrons. The second-order valence-electron chi connectivity index (χ2n) is 6.86. The Morgan fingerprint density at radius 1 is 1.10 bits per heavy atom. The van der Waals surface area contributed by atoms with Gasteiger partial charge in [0.2, 0.25) is 0 Å². The third-order valence-electron chi connectivity index (χ3n) is 5.05. The van der Waals surface area contributed by atoms with Gasteiger partial charge in [-0.25, -0.2) is 0 Å². The van der Waals surface area contributed by atoms with Gasteiger partial charge >= 0.3 is 0 Å². The van der Waals surface area contributed by atoms with Crippen molar-refractivity contribution in [3.63, 3.8) is 0 Å². The Labute approximate surface area is 131 Å². The van der Waals surface area contributed by atoms with E-state index in [0.717, 1.165) is 48.3 Å². The Bertz CT molecular complexity index is 467. The van der Waals surface area contributed by atoms with Crippen LogP contribution in [0.25, 0.3) is 0 Å². The summed E-state index contributed by atoms with van der Waals surface area (Å²) >= 11 is 1.88. The zero-order chi connectivity index (χ0) is 14.1. The molecule has 0 bridgehead atoms. The molecule has 2 heterocycles. The van der Waals surface area contributed by atoms with E-state index in [2.05, 4.69) is 20.1 Å². The standard InChI is InChI=1S/C16H26N4S/c1-2-4-14-18-19-16(20(14)10-3-1)21-11-9-17-15(12-5-6-12)13-7-8-13/h12-13,15,17H,1-11H2. The lowest BCUT2D eigenvalue weighted by Crippen LogP contribution is -2.34. The highest BCUT2D eigenvalue weighted by atomic mass is 32.2. The van der Waals surface area contributed by atoms with E-state index in [4.69, 9.17) is 0 Å². The van der Waals surface area contributed by atoms with Gasteiger partial charge in [-0.15, -0.1) is 10.2 Å². The number of aromatic nitrogens is 3. The average Bonchev–Trinajstić information content (AvgIpc) is 3.38. The van der Waals surface area contributed by atoms with Crippen LogP contribution < -0.4 is 5.32 Å². The number of rotatable bonds is 7. The van der Waals surface area contributed by atoms with Gasteiger partial charge < -0.3 is 9.88 Å². The van der Waals surface area contributed by atoms with Crippen molar-refractivity contribution in [1.29, 1.82) is 0 Å². The highest BCUT2D eigenvalue weighted by Gasteiger charge is 2.40. The minimum Gasteiger partial charge on any atom is -0.313 e. The van der Waals surface area contributed by atoms with Crippen molar-refractivity contribution in [3.8, 4) is 0 Å². The maximum Gasteiger partial charge on any atom is 0.191 e. The van der Waals surface area contributed by atoms with Crippen LogP contribution >= 0.6 is 11.8 Å². The van der Waals surface area contributed by atoms with E-state index in [-0.39, 0.29) is 0 Å². The van der Waals surface area contributed by atoms with Gasteiger partial charge in [0, 0.05) is 31.3 Å². The third kappa shape index (κ3) is 3.45. The van der Waals surface area contributed by atoms with Crippen LogP contribution in [-0.2, 0) is 13.0 Å². The molecule has 1 N–H and O–H groups in total. The molecule has 0 saturated heterocycles. The van der Waals surface area contributed by atoms with Crippen LogP contribution in [0.5, 0.6) is 0 Å². The quantitative estimate of drug-likeness (QED) is 0.621. The number of hydrogen-bond donors (Lipinski definition) is 1. The summed E-state index contributed by atoms with van der Waals surface area (Å²) in [6, 6.07) is 0.820. The molecule has 4 nitrogen and oxygen atoms in total. The van der Waals surface area contributed by atoms with Crippen LogP contribution in [0.4, 0.5) is 0 Å². The lowest BCUT2D eigenvalue weighted by Gasteiger charge is -2.17. The molecule has 0 atom stereocenters. The summed E-state index contributed by atoms with van der Waals surface area (Å²) in [5, 5.41) is 13.7. The van der Waals surface area contributed by atoms with Crippen molar-refractivity contribution in [2.24, 2.45) is 11.8 Å². The monoisotopic (exact) mass is 306 g/mol. The van der Waals surface area contributed by atoms with Crippen molar-refractivity contribution in [2.75, 3.05) is 12.3 Å². The third-order valence-corrected chi connectivity index (χ3v) is 6.02. The first-order valence-electron chi connectivity index (χ1n) is 8.70. The summed E-state index contributed by atoms with van der Waals surface area (Å²) in [7, 11) is 0. The molecule has 1 aromatic heterocycles. The number of nitrogens with one attached hydrogen (secondary N) is 1. The lowest BCUT2D eigenvalue weighted by molar-refractivity contribution is 0.429. The molecule has 2 aliphatic carbocycles. The molecule has 0 amide bonds. The van der Waals surface area contributed by atoms with Crippen LogP contribution in [0.15, 0.2) is 5.16 Å². The Balaban J connectivity index is 1.26. The second-order valence-corrected chi connectivity index (χ2v) is 7.93. The van der Waals surface area contributed by atoms with Crippen molar-refractivity contribution in [2.45, 2.75) is 69.1 Å². The zero-order valence-electron chi connectivity index (χ0n) is 12.8. The van der Waals surface area contributed by atoms with Crippen LogP contribution in [0.3, 0.4) is 0 Å². The molecule has 5 heteroatoms.